The second kappa shape index (κ2) is 7.10. The third kappa shape index (κ3) is 3.04. The number of thioether (sulfide) groups is 1. The quantitative estimate of drug-likeness (QED) is 0.613. The summed E-state index contributed by atoms with van der Waals surface area (Å²) in [5, 5.41) is 10.1. The Morgan fingerprint density at radius 2 is 1.92 bits per heavy atom. The molecule has 6 heteroatoms. The summed E-state index contributed by atoms with van der Waals surface area (Å²) in [6.07, 6.45) is 3.05. The number of nitrogens with zero attached hydrogens (tertiary/aromatic N) is 3. The highest BCUT2D eigenvalue weighted by Gasteiger charge is 2.35. The van der Waals surface area contributed by atoms with E-state index >= 15 is 0 Å². The Bertz CT molecular complexity index is 745. The summed E-state index contributed by atoms with van der Waals surface area (Å²) in [6.45, 7) is 3.28. The summed E-state index contributed by atoms with van der Waals surface area (Å²) in [6, 6.07) is 9.58. The smallest absolute Gasteiger partial charge is 0.267 e. The lowest BCUT2D eigenvalue weighted by Gasteiger charge is -2.27. The minimum atomic E-state index is -0.256. The molecule has 3 rings (SSSR count). The molecular formula is C18H19N3O2S. The van der Waals surface area contributed by atoms with Gasteiger partial charge >= 0.3 is 0 Å². The molecule has 2 aliphatic rings. The molecule has 2 aliphatic heterocycles. The average Bonchev–Trinajstić information content (AvgIpc) is 2.98. The van der Waals surface area contributed by atoms with Crippen LogP contribution in [0.2, 0.25) is 0 Å². The number of piperidine rings is 1. The van der Waals surface area contributed by atoms with Gasteiger partial charge < -0.3 is 4.90 Å². The Morgan fingerprint density at radius 3 is 2.58 bits per heavy atom. The first-order chi connectivity index (χ1) is 11.6. The number of nitriles is 1. The molecule has 2 amide bonds. The van der Waals surface area contributed by atoms with Crippen LogP contribution in [0.3, 0.4) is 0 Å². The van der Waals surface area contributed by atoms with Gasteiger partial charge in [-0.1, -0.05) is 30.0 Å². The van der Waals surface area contributed by atoms with E-state index in [1.807, 2.05) is 31.2 Å². The molecular weight excluding hydrogens is 322 g/mol. The van der Waals surface area contributed by atoms with Crippen LogP contribution in [0.15, 0.2) is 34.9 Å². The average molecular weight is 341 g/mol. The van der Waals surface area contributed by atoms with Crippen LogP contribution in [-0.4, -0.2) is 35.6 Å². The minimum Gasteiger partial charge on any atom is -0.338 e. The van der Waals surface area contributed by atoms with Gasteiger partial charge in [0, 0.05) is 13.1 Å². The van der Waals surface area contributed by atoms with Gasteiger partial charge in [-0.25, -0.2) is 0 Å². The number of amides is 2. The monoisotopic (exact) mass is 341 g/mol. The number of anilines is 1. The van der Waals surface area contributed by atoms with Crippen LogP contribution in [0.1, 0.15) is 24.8 Å². The zero-order valence-electron chi connectivity index (χ0n) is 13.6. The summed E-state index contributed by atoms with van der Waals surface area (Å²) >= 11 is 1.27. The second-order valence-corrected chi connectivity index (χ2v) is 6.91. The van der Waals surface area contributed by atoms with E-state index in [0.717, 1.165) is 30.5 Å². The van der Waals surface area contributed by atoms with Crippen LogP contribution in [0.5, 0.6) is 0 Å². The van der Waals surface area contributed by atoms with Crippen LogP contribution in [0.4, 0.5) is 5.69 Å². The molecule has 0 radical (unpaired) electrons. The molecule has 2 fully saturated rings. The Balaban J connectivity index is 2.01. The molecule has 0 saturated carbocycles. The van der Waals surface area contributed by atoms with Crippen molar-refractivity contribution < 1.29 is 9.59 Å². The molecule has 0 unspecified atom stereocenters. The molecule has 0 atom stereocenters. The number of likely N-dealkylation sites (tertiary alicyclic amines) is 1. The van der Waals surface area contributed by atoms with Gasteiger partial charge in [-0.05, 0) is 37.8 Å². The van der Waals surface area contributed by atoms with E-state index in [2.05, 4.69) is 6.07 Å². The van der Waals surface area contributed by atoms with Crippen molar-refractivity contribution in [1.82, 2.24) is 4.90 Å². The number of para-hydroxylation sites is 1. The van der Waals surface area contributed by atoms with Gasteiger partial charge in [0.15, 0.2) is 0 Å². The van der Waals surface area contributed by atoms with E-state index in [9.17, 15) is 14.9 Å². The Labute approximate surface area is 145 Å². The third-order valence-electron chi connectivity index (χ3n) is 4.32. The van der Waals surface area contributed by atoms with E-state index in [-0.39, 0.29) is 23.1 Å². The predicted octanol–water partition coefficient (Wildman–Crippen LogP) is 2.82. The summed E-state index contributed by atoms with van der Waals surface area (Å²) in [5.41, 5.74) is 1.76. The van der Waals surface area contributed by atoms with Crippen molar-refractivity contribution >= 4 is 29.3 Å². The largest absolute Gasteiger partial charge is 0.338 e. The van der Waals surface area contributed by atoms with E-state index < -0.39 is 0 Å². The van der Waals surface area contributed by atoms with E-state index in [4.69, 9.17) is 0 Å². The fraction of sp³-hybridized carbons (Fsp3) is 0.389. The van der Waals surface area contributed by atoms with Gasteiger partial charge in [-0.3, -0.25) is 14.5 Å². The van der Waals surface area contributed by atoms with Crippen molar-refractivity contribution in [3.05, 3.63) is 40.4 Å². The van der Waals surface area contributed by atoms with Crippen molar-refractivity contribution in [2.75, 3.05) is 23.7 Å². The number of benzene rings is 1. The highest BCUT2D eigenvalue weighted by molar-refractivity contribution is 8.04. The molecule has 0 aliphatic carbocycles. The molecule has 1 aromatic rings. The van der Waals surface area contributed by atoms with Gasteiger partial charge in [0.1, 0.15) is 16.7 Å². The van der Waals surface area contributed by atoms with Crippen LogP contribution in [0.25, 0.3) is 0 Å². The summed E-state index contributed by atoms with van der Waals surface area (Å²) < 4.78 is 0. The number of carbonyl (C=O) groups is 2. The van der Waals surface area contributed by atoms with E-state index in [1.165, 1.54) is 16.7 Å². The Hall–Kier alpha value is -2.26. The van der Waals surface area contributed by atoms with Crippen molar-refractivity contribution in [2.45, 2.75) is 26.2 Å². The van der Waals surface area contributed by atoms with Crippen molar-refractivity contribution in [2.24, 2.45) is 0 Å². The van der Waals surface area contributed by atoms with Crippen LogP contribution in [0, 0.1) is 18.3 Å². The van der Waals surface area contributed by atoms with Gasteiger partial charge in [-0.2, -0.15) is 5.26 Å². The van der Waals surface area contributed by atoms with Crippen molar-refractivity contribution in [3.8, 4) is 6.07 Å². The highest BCUT2D eigenvalue weighted by atomic mass is 32.2. The lowest BCUT2D eigenvalue weighted by molar-refractivity contribution is -0.127. The molecule has 2 saturated heterocycles. The maximum atomic E-state index is 12.8. The van der Waals surface area contributed by atoms with Crippen LogP contribution < -0.4 is 4.90 Å². The van der Waals surface area contributed by atoms with Gasteiger partial charge in [0.05, 0.1) is 11.4 Å². The highest BCUT2D eigenvalue weighted by Crippen LogP contribution is 2.37. The summed E-state index contributed by atoms with van der Waals surface area (Å²) in [7, 11) is 0. The number of rotatable bonds is 2. The number of carbonyl (C=O) groups excluding carboxylic acids is 2. The first-order valence-electron chi connectivity index (χ1n) is 8.08. The number of aryl methyl sites for hydroxylation is 1. The van der Waals surface area contributed by atoms with Gasteiger partial charge in [0.25, 0.3) is 5.91 Å². The molecule has 0 bridgehead atoms. The number of hydrogen-bond donors (Lipinski definition) is 0. The Morgan fingerprint density at radius 1 is 1.21 bits per heavy atom. The SMILES string of the molecule is Cc1ccccc1N1C(=O)CSC1=C(C#N)C(=O)N1CCCCC1. The molecule has 0 aromatic heterocycles. The zero-order valence-corrected chi connectivity index (χ0v) is 14.4. The lowest BCUT2D eigenvalue weighted by Crippen LogP contribution is -2.37. The maximum absolute atomic E-state index is 12.8. The first-order valence-corrected chi connectivity index (χ1v) is 9.07. The predicted molar refractivity (Wildman–Crippen MR) is 94.2 cm³/mol. The topological polar surface area (TPSA) is 64.4 Å². The van der Waals surface area contributed by atoms with Crippen molar-refractivity contribution in [1.29, 1.82) is 5.26 Å². The second-order valence-electron chi connectivity index (χ2n) is 5.95. The standard InChI is InChI=1S/C18H19N3O2S/c1-13-7-3-4-8-15(13)21-16(22)12-24-18(21)14(11-19)17(23)20-9-5-2-6-10-20/h3-4,7-8H,2,5-6,9-10,12H2,1H3. The van der Waals surface area contributed by atoms with E-state index in [0.29, 0.717) is 18.1 Å². The summed E-state index contributed by atoms with van der Waals surface area (Å²) in [5.74, 6) is -0.0984. The third-order valence-corrected chi connectivity index (χ3v) is 5.38. The van der Waals surface area contributed by atoms with Crippen LogP contribution in [-0.2, 0) is 9.59 Å². The van der Waals surface area contributed by atoms with Crippen molar-refractivity contribution in [3.63, 3.8) is 0 Å². The van der Waals surface area contributed by atoms with Gasteiger partial charge in [-0.15, -0.1) is 0 Å². The molecule has 2 heterocycles. The zero-order chi connectivity index (χ0) is 17.1. The normalized spacial score (nSPS) is 20.1. The molecule has 5 nitrogen and oxygen atoms in total. The molecule has 124 valence electrons. The van der Waals surface area contributed by atoms with E-state index in [1.54, 1.807) is 4.90 Å². The number of hydrogen-bond acceptors (Lipinski definition) is 4. The van der Waals surface area contributed by atoms with Crippen LogP contribution >= 0.6 is 11.8 Å². The minimum absolute atomic E-state index is 0.0796. The van der Waals surface area contributed by atoms with Gasteiger partial charge in [0.2, 0.25) is 5.91 Å². The fourth-order valence-corrected chi connectivity index (χ4v) is 4.05. The lowest BCUT2D eigenvalue weighted by atomic mass is 10.1. The maximum Gasteiger partial charge on any atom is 0.267 e. The fourth-order valence-electron chi connectivity index (χ4n) is 3.06. The Kier molecular flexibility index (Phi) is 4.91. The molecule has 0 spiro atoms. The molecule has 24 heavy (non-hydrogen) atoms. The summed E-state index contributed by atoms with van der Waals surface area (Å²) in [4.78, 5) is 28.4. The molecule has 0 N–H and O–H groups in total. The first kappa shape index (κ1) is 16.6. The molecule has 1 aromatic carbocycles.